The van der Waals surface area contributed by atoms with Gasteiger partial charge in [0.1, 0.15) is 5.60 Å². The van der Waals surface area contributed by atoms with Crippen LogP contribution in [0.3, 0.4) is 0 Å². The van der Waals surface area contributed by atoms with Crippen molar-refractivity contribution in [2.24, 2.45) is 0 Å². The van der Waals surface area contributed by atoms with Gasteiger partial charge in [-0.2, -0.15) is 0 Å². The number of nitrogens with zero attached hydrogens (tertiary/aromatic N) is 1. The Kier molecular flexibility index (Phi) is 4.79. The molecule has 2 aliphatic rings. The lowest BCUT2D eigenvalue weighted by Gasteiger charge is -2.35. The van der Waals surface area contributed by atoms with Crippen LogP contribution in [0.1, 0.15) is 26.2 Å². The summed E-state index contributed by atoms with van der Waals surface area (Å²) in [5.74, 6) is 0. The van der Waals surface area contributed by atoms with Gasteiger partial charge < -0.3 is 19.7 Å². The van der Waals surface area contributed by atoms with Crippen LogP contribution in [0.25, 0.3) is 0 Å². The molecule has 2 unspecified atom stereocenters. The van der Waals surface area contributed by atoms with Gasteiger partial charge in [0.25, 0.3) is 0 Å². The molecule has 2 atom stereocenters. The van der Waals surface area contributed by atoms with Crippen molar-refractivity contribution in [2.45, 2.75) is 37.8 Å². The summed E-state index contributed by atoms with van der Waals surface area (Å²) in [6.45, 7) is 8.37. The Labute approximate surface area is 105 Å². The lowest BCUT2D eigenvalue weighted by atomic mass is 10.0. The predicted octanol–water partition coefficient (Wildman–Crippen LogP) is 0.866. The van der Waals surface area contributed by atoms with E-state index in [1.54, 1.807) is 0 Å². The highest BCUT2D eigenvalue weighted by molar-refractivity contribution is 4.88. The smallest absolute Gasteiger partial charge is 0.106 e. The van der Waals surface area contributed by atoms with Crippen LogP contribution in [0.2, 0.25) is 0 Å². The van der Waals surface area contributed by atoms with E-state index in [-0.39, 0.29) is 5.60 Å². The van der Waals surface area contributed by atoms with Gasteiger partial charge in [-0.05, 0) is 39.4 Å². The second-order valence-corrected chi connectivity index (χ2v) is 5.46. The highest BCUT2D eigenvalue weighted by atomic mass is 16.5. The number of hydrogen-bond donors (Lipinski definition) is 1. The Bertz CT molecular complexity index is 229. The second kappa shape index (κ2) is 6.14. The maximum Gasteiger partial charge on any atom is 0.106 e. The molecule has 100 valence electrons. The Balaban J connectivity index is 1.87. The molecule has 17 heavy (non-hydrogen) atoms. The summed E-state index contributed by atoms with van der Waals surface area (Å²) in [5.41, 5.74) is -0.0458. The minimum atomic E-state index is -0.0458. The molecule has 4 heteroatoms. The first-order chi connectivity index (χ1) is 8.24. The van der Waals surface area contributed by atoms with Gasteiger partial charge in [0.2, 0.25) is 0 Å². The van der Waals surface area contributed by atoms with Crippen LogP contribution in [-0.2, 0) is 9.47 Å². The average molecular weight is 242 g/mol. The number of methoxy groups -OCH3 is 1. The fraction of sp³-hybridized carbons (Fsp3) is 1.00. The molecular weight excluding hydrogens is 216 g/mol. The molecule has 0 aromatic rings. The SMILES string of the molecule is COC1(CN2CCCNC(C)CC2)CCOC1. The van der Waals surface area contributed by atoms with E-state index in [0.29, 0.717) is 6.04 Å². The lowest BCUT2D eigenvalue weighted by molar-refractivity contribution is -0.0420. The van der Waals surface area contributed by atoms with Crippen LogP contribution >= 0.6 is 0 Å². The molecule has 0 amide bonds. The summed E-state index contributed by atoms with van der Waals surface area (Å²) in [6.07, 6.45) is 3.49. The van der Waals surface area contributed by atoms with E-state index in [9.17, 15) is 0 Å². The van der Waals surface area contributed by atoms with Crippen molar-refractivity contribution in [1.29, 1.82) is 0 Å². The zero-order valence-electron chi connectivity index (χ0n) is 11.2. The van der Waals surface area contributed by atoms with Crippen molar-refractivity contribution in [3.63, 3.8) is 0 Å². The molecule has 4 nitrogen and oxygen atoms in total. The molecule has 2 fully saturated rings. The molecule has 0 spiro atoms. The van der Waals surface area contributed by atoms with Crippen LogP contribution < -0.4 is 5.32 Å². The highest BCUT2D eigenvalue weighted by Gasteiger charge is 2.36. The summed E-state index contributed by atoms with van der Waals surface area (Å²) < 4.78 is 11.2. The molecule has 0 aromatic carbocycles. The molecular formula is C13H26N2O2. The second-order valence-electron chi connectivity index (χ2n) is 5.46. The first-order valence-corrected chi connectivity index (χ1v) is 6.83. The van der Waals surface area contributed by atoms with Gasteiger partial charge in [-0.15, -0.1) is 0 Å². The van der Waals surface area contributed by atoms with E-state index in [2.05, 4.69) is 17.1 Å². The summed E-state index contributed by atoms with van der Waals surface area (Å²) in [4.78, 5) is 2.55. The van der Waals surface area contributed by atoms with Crippen LogP contribution in [0.5, 0.6) is 0 Å². The Morgan fingerprint density at radius 3 is 3.06 bits per heavy atom. The maximum absolute atomic E-state index is 5.72. The number of nitrogens with one attached hydrogen (secondary N) is 1. The van der Waals surface area contributed by atoms with E-state index in [1.807, 2.05) is 7.11 Å². The Hall–Kier alpha value is -0.160. The summed E-state index contributed by atoms with van der Waals surface area (Å²) in [5, 5.41) is 3.54. The van der Waals surface area contributed by atoms with E-state index in [0.717, 1.165) is 32.7 Å². The Morgan fingerprint density at radius 1 is 1.47 bits per heavy atom. The molecule has 0 aromatic heterocycles. The molecule has 0 aliphatic carbocycles. The maximum atomic E-state index is 5.72. The third kappa shape index (κ3) is 3.65. The fourth-order valence-electron chi connectivity index (χ4n) is 2.75. The first kappa shape index (κ1) is 13.3. The molecule has 1 N–H and O–H groups in total. The molecule has 2 aliphatic heterocycles. The predicted molar refractivity (Wildman–Crippen MR) is 68.3 cm³/mol. The number of rotatable bonds is 3. The van der Waals surface area contributed by atoms with Crippen molar-refractivity contribution in [3.8, 4) is 0 Å². The number of ether oxygens (including phenoxy) is 2. The van der Waals surface area contributed by atoms with Crippen LogP contribution in [-0.4, -0.2) is 63.0 Å². The van der Waals surface area contributed by atoms with E-state index in [1.165, 1.54) is 25.9 Å². The van der Waals surface area contributed by atoms with E-state index >= 15 is 0 Å². The third-order valence-electron chi connectivity index (χ3n) is 4.03. The van der Waals surface area contributed by atoms with Crippen molar-refractivity contribution in [3.05, 3.63) is 0 Å². The largest absolute Gasteiger partial charge is 0.378 e. The molecule has 0 bridgehead atoms. The summed E-state index contributed by atoms with van der Waals surface area (Å²) >= 11 is 0. The normalized spacial score (nSPS) is 36.7. The fourth-order valence-corrected chi connectivity index (χ4v) is 2.75. The summed E-state index contributed by atoms with van der Waals surface area (Å²) in [6, 6.07) is 0.635. The van der Waals surface area contributed by atoms with Gasteiger partial charge in [-0.3, -0.25) is 0 Å². The van der Waals surface area contributed by atoms with Crippen molar-refractivity contribution in [1.82, 2.24) is 10.2 Å². The van der Waals surface area contributed by atoms with Gasteiger partial charge in [0, 0.05) is 32.7 Å². The minimum absolute atomic E-state index is 0.0458. The van der Waals surface area contributed by atoms with Crippen molar-refractivity contribution >= 4 is 0 Å². The van der Waals surface area contributed by atoms with Gasteiger partial charge >= 0.3 is 0 Å². The molecule has 2 saturated heterocycles. The highest BCUT2D eigenvalue weighted by Crippen LogP contribution is 2.24. The zero-order chi connectivity index (χ0) is 12.1. The Morgan fingerprint density at radius 2 is 2.35 bits per heavy atom. The lowest BCUT2D eigenvalue weighted by Crippen LogP contribution is -2.48. The van der Waals surface area contributed by atoms with Gasteiger partial charge in [0.05, 0.1) is 6.61 Å². The monoisotopic (exact) mass is 242 g/mol. The third-order valence-corrected chi connectivity index (χ3v) is 4.03. The average Bonchev–Trinajstić information content (AvgIpc) is 2.78. The molecule has 0 radical (unpaired) electrons. The van der Waals surface area contributed by atoms with E-state index < -0.39 is 0 Å². The topological polar surface area (TPSA) is 33.7 Å². The van der Waals surface area contributed by atoms with E-state index in [4.69, 9.17) is 9.47 Å². The zero-order valence-corrected chi connectivity index (χ0v) is 11.2. The van der Waals surface area contributed by atoms with Crippen molar-refractivity contribution < 1.29 is 9.47 Å². The van der Waals surface area contributed by atoms with Crippen LogP contribution in [0.15, 0.2) is 0 Å². The van der Waals surface area contributed by atoms with Crippen molar-refractivity contribution in [2.75, 3.05) is 46.5 Å². The molecule has 0 saturated carbocycles. The quantitative estimate of drug-likeness (QED) is 0.796. The number of hydrogen-bond acceptors (Lipinski definition) is 4. The molecule has 2 rings (SSSR count). The standard InChI is InChI=1S/C13H26N2O2/c1-12-4-8-15(7-3-6-14-12)10-13(16-2)5-9-17-11-13/h12,14H,3-11H2,1-2H3. The van der Waals surface area contributed by atoms with Gasteiger partial charge in [0.15, 0.2) is 0 Å². The van der Waals surface area contributed by atoms with Crippen LogP contribution in [0.4, 0.5) is 0 Å². The minimum Gasteiger partial charge on any atom is -0.378 e. The summed E-state index contributed by atoms with van der Waals surface area (Å²) in [7, 11) is 1.82. The first-order valence-electron chi connectivity index (χ1n) is 6.83. The van der Waals surface area contributed by atoms with Crippen LogP contribution in [0, 0.1) is 0 Å². The van der Waals surface area contributed by atoms with Gasteiger partial charge in [-0.1, -0.05) is 0 Å². The molecule has 2 heterocycles. The van der Waals surface area contributed by atoms with Gasteiger partial charge in [-0.25, -0.2) is 0 Å².